The van der Waals surface area contributed by atoms with E-state index in [2.05, 4.69) is 4.98 Å². The zero-order valence-corrected chi connectivity index (χ0v) is 7.32. The normalized spacial score (nSPS) is 11.6. The quantitative estimate of drug-likeness (QED) is 0.558. The smallest absolute Gasteiger partial charge is 0.208 e. The van der Waals surface area contributed by atoms with E-state index in [4.69, 9.17) is 5.26 Å². The minimum absolute atomic E-state index is 0.106. The number of nitriles is 1. The van der Waals surface area contributed by atoms with Crippen LogP contribution in [-0.2, 0) is 6.18 Å². The third kappa shape index (κ3) is 2.24. The number of hydrogen-bond acceptors (Lipinski definition) is 2. The van der Waals surface area contributed by atoms with Crippen molar-refractivity contribution in [2.45, 2.75) is 12.6 Å². The molecular formula is C8H2F6N2. The molecule has 0 amide bonds. The van der Waals surface area contributed by atoms with Crippen molar-refractivity contribution in [3.8, 4) is 6.07 Å². The summed E-state index contributed by atoms with van der Waals surface area (Å²) in [5, 5.41) is 8.29. The second-order valence-corrected chi connectivity index (χ2v) is 2.67. The summed E-state index contributed by atoms with van der Waals surface area (Å²) >= 11 is 0. The van der Waals surface area contributed by atoms with Gasteiger partial charge in [0.25, 0.3) is 6.43 Å². The lowest BCUT2D eigenvalue weighted by atomic mass is 10.1. The van der Waals surface area contributed by atoms with E-state index in [-0.39, 0.29) is 6.07 Å². The summed E-state index contributed by atoms with van der Waals surface area (Å²) in [6, 6.07) is 0.992. The highest BCUT2D eigenvalue weighted by molar-refractivity contribution is 5.36. The molecule has 86 valence electrons. The van der Waals surface area contributed by atoms with E-state index >= 15 is 0 Å². The maximum absolute atomic E-state index is 12.7. The third-order valence-corrected chi connectivity index (χ3v) is 1.65. The fourth-order valence-corrected chi connectivity index (χ4v) is 0.961. The number of halogens is 6. The Bertz CT molecular complexity index is 444. The van der Waals surface area contributed by atoms with Gasteiger partial charge in [0, 0.05) is 0 Å². The van der Waals surface area contributed by atoms with E-state index < -0.39 is 35.4 Å². The van der Waals surface area contributed by atoms with E-state index in [0.717, 1.165) is 6.07 Å². The Labute approximate surface area is 85.1 Å². The van der Waals surface area contributed by atoms with Crippen molar-refractivity contribution < 1.29 is 26.3 Å². The van der Waals surface area contributed by atoms with E-state index in [1.54, 1.807) is 0 Å². The molecule has 0 N–H and O–H groups in total. The van der Waals surface area contributed by atoms with Gasteiger partial charge in [0.15, 0.2) is 5.69 Å². The molecule has 2 nitrogen and oxygen atoms in total. The van der Waals surface area contributed by atoms with Gasteiger partial charge in [-0.3, -0.25) is 0 Å². The maximum atomic E-state index is 12.7. The van der Waals surface area contributed by atoms with Gasteiger partial charge in [0.05, 0.1) is 5.56 Å². The second kappa shape index (κ2) is 4.00. The molecule has 0 aliphatic heterocycles. The van der Waals surface area contributed by atoms with Crippen molar-refractivity contribution in [3.05, 3.63) is 28.8 Å². The fraction of sp³-hybridized carbons (Fsp3) is 0.250. The van der Waals surface area contributed by atoms with Crippen molar-refractivity contribution in [1.82, 2.24) is 4.98 Å². The molecule has 0 fully saturated rings. The van der Waals surface area contributed by atoms with Crippen LogP contribution in [0.3, 0.4) is 0 Å². The highest BCUT2D eigenvalue weighted by Gasteiger charge is 2.36. The summed E-state index contributed by atoms with van der Waals surface area (Å²) in [5.74, 6) is -1.99. The lowest BCUT2D eigenvalue weighted by Crippen LogP contribution is -2.12. The topological polar surface area (TPSA) is 36.7 Å². The van der Waals surface area contributed by atoms with Crippen molar-refractivity contribution in [1.29, 1.82) is 5.26 Å². The average molecular weight is 240 g/mol. The Morgan fingerprint density at radius 3 is 2.25 bits per heavy atom. The van der Waals surface area contributed by atoms with E-state index in [1.165, 1.54) is 0 Å². The zero-order chi connectivity index (χ0) is 12.5. The SMILES string of the molecule is N#Cc1nc(F)c(C(F)(F)F)cc1C(F)F. The highest BCUT2D eigenvalue weighted by Crippen LogP contribution is 2.34. The molecule has 8 heteroatoms. The largest absolute Gasteiger partial charge is 0.420 e. The molecule has 0 aromatic carbocycles. The van der Waals surface area contributed by atoms with Crippen molar-refractivity contribution >= 4 is 0 Å². The molecule has 1 aromatic heterocycles. The lowest BCUT2D eigenvalue weighted by molar-refractivity contribution is -0.140. The van der Waals surface area contributed by atoms with Crippen molar-refractivity contribution in [3.63, 3.8) is 0 Å². The summed E-state index contributed by atoms with van der Waals surface area (Å²) in [4.78, 5) is 2.55. The monoisotopic (exact) mass is 240 g/mol. The van der Waals surface area contributed by atoms with Crippen molar-refractivity contribution in [2.75, 3.05) is 0 Å². The van der Waals surface area contributed by atoms with Gasteiger partial charge in [0.1, 0.15) is 11.6 Å². The van der Waals surface area contributed by atoms with E-state index in [1.807, 2.05) is 0 Å². The molecule has 1 aromatic rings. The van der Waals surface area contributed by atoms with Crippen LogP contribution >= 0.6 is 0 Å². The van der Waals surface area contributed by atoms with Gasteiger partial charge in [0.2, 0.25) is 5.95 Å². The Balaban J connectivity index is 3.47. The van der Waals surface area contributed by atoms with Crippen LogP contribution in [0.1, 0.15) is 23.2 Å². The van der Waals surface area contributed by atoms with Gasteiger partial charge in [-0.15, -0.1) is 0 Å². The number of hydrogen-bond donors (Lipinski definition) is 0. The molecule has 16 heavy (non-hydrogen) atoms. The molecule has 0 saturated heterocycles. The van der Waals surface area contributed by atoms with Gasteiger partial charge in [-0.2, -0.15) is 22.8 Å². The number of nitrogens with zero attached hydrogens (tertiary/aromatic N) is 2. The first kappa shape index (κ1) is 12.3. The summed E-state index contributed by atoms with van der Waals surface area (Å²) in [6.45, 7) is 0. The molecule has 0 spiro atoms. The van der Waals surface area contributed by atoms with Gasteiger partial charge in [-0.25, -0.2) is 13.8 Å². The fourth-order valence-electron chi connectivity index (χ4n) is 0.961. The Kier molecular flexibility index (Phi) is 3.07. The van der Waals surface area contributed by atoms with Crippen molar-refractivity contribution in [2.24, 2.45) is 0 Å². The van der Waals surface area contributed by atoms with Crippen LogP contribution in [-0.4, -0.2) is 4.98 Å². The third-order valence-electron chi connectivity index (χ3n) is 1.65. The van der Waals surface area contributed by atoms with Crippen LogP contribution in [0.4, 0.5) is 26.3 Å². The summed E-state index contributed by atoms with van der Waals surface area (Å²) in [5.41, 5.74) is -4.21. The summed E-state index contributed by atoms with van der Waals surface area (Å²) in [6.07, 6.45) is -8.46. The molecule has 0 aliphatic rings. The molecule has 1 heterocycles. The standard InChI is InChI=1S/C8H2F6N2/c9-6(10)3-1-4(8(12,13)14)7(11)16-5(3)2-15/h1,6H. The first-order valence-corrected chi connectivity index (χ1v) is 3.73. The molecule has 0 saturated carbocycles. The molecule has 0 unspecified atom stereocenters. The number of rotatable bonds is 1. The minimum atomic E-state index is -5.13. The van der Waals surface area contributed by atoms with E-state index in [0.29, 0.717) is 0 Å². The first-order valence-electron chi connectivity index (χ1n) is 3.73. The summed E-state index contributed by atoms with van der Waals surface area (Å²) in [7, 11) is 0. The molecule has 1 rings (SSSR count). The van der Waals surface area contributed by atoms with Gasteiger partial charge < -0.3 is 0 Å². The second-order valence-electron chi connectivity index (χ2n) is 2.67. The first-order chi connectivity index (χ1) is 7.27. The van der Waals surface area contributed by atoms with Gasteiger partial charge >= 0.3 is 6.18 Å². The number of alkyl halides is 5. The average Bonchev–Trinajstić information content (AvgIpc) is 2.14. The molecule has 0 aliphatic carbocycles. The number of aromatic nitrogens is 1. The molecule has 0 radical (unpaired) electrons. The van der Waals surface area contributed by atoms with Crippen LogP contribution in [0, 0.1) is 17.3 Å². The predicted molar refractivity (Wildman–Crippen MR) is 38.9 cm³/mol. The maximum Gasteiger partial charge on any atom is 0.420 e. The highest BCUT2D eigenvalue weighted by atomic mass is 19.4. The Hall–Kier alpha value is -1.78. The van der Waals surface area contributed by atoms with E-state index in [9.17, 15) is 26.3 Å². The molecule has 0 atom stereocenters. The van der Waals surface area contributed by atoms with Gasteiger partial charge in [-0.05, 0) is 6.07 Å². The van der Waals surface area contributed by atoms with Crippen LogP contribution in [0.25, 0.3) is 0 Å². The summed E-state index contributed by atoms with van der Waals surface area (Å²) < 4.78 is 73.6. The molecule has 0 bridgehead atoms. The van der Waals surface area contributed by atoms with Crippen LogP contribution < -0.4 is 0 Å². The predicted octanol–water partition coefficient (Wildman–Crippen LogP) is 3.05. The van der Waals surface area contributed by atoms with Crippen LogP contribution in [0.5, 0.6) is 0 Å². The number of pyridine rings is 1. The Morgan fingerprint density at radius 1 is 1.31 bits per heavy atom. The minimum Gasteiger partial charge on any atom is -0.208 e. The lowest BCUT2D eigenvalue weighted by Gasteiger charge is -2.10. The Morgan fingerprint density at radius 2 is 1.88 bits per heavy atom. The van der Waals surface area contributed by atoms with Crippen LogP contribution in [0.15, 0.2) is 6.07 Å². The zero-order valence-electron chi connectivity index (χ0n) is 7.32. The molecular weight excluding hydrogens is 238 g/mol. The van der Waals surface area contributed by atoms with Crippen LogP contribution in [0.2, 0.25) is 0 Å². The van der Waals surface area contributed by atoms with Gasteiger partial charge in [-0.1, -0.05) is 0 Å².